The Balaban J connectivity index is 1.96. The van der Waals surface area contributed by atoms with Crippen LogP contribution in [0.3, 0.4) is 0 Å². The number of hydrogen-bond acceptors (Lipinski definition) is 2. The molecule has 0 aliphatic heterocycles. The van der Waals surface area contributed by atoms with Crippen molar-refractivity contribution in [3.05, 3.63) is 24.0 Å². The highest BCUT2D eigenvalue weighted by molar-refractivity contribution is 5.52. The van der Waals surface area contributed by atoms with Gasteiger partial charge in [-0.1, -0.05) is 32.1 Å². The minimum atomic E-state index is -2.17. The van der Waals surface area contributed by atoms with E-state index in [9.17, 15) is 13.2 Å². The quantitative estimate of drug-likeness (QED) is 0.452. The number of nitrogens with two attached hydrogens (primary N) is 1. The maximum Gasteiger partial charge on any atom is 0.238 e. The number of rotatable bonds is 11. The zero-order chi connectivity index (χ0) is 15.5. The number of anilines is 1. The first-order valence-corrected chi connectivity index (χ1v) is 7.55. The van der Waals surface area contributed by atoms with Crippen molar-refractivity contribution in [3.63, 3.8) is 0 Å². The molecule has 0 aliphatic carbocycles. The van der Waals surface area contributed by atoms with Gasteiger partial charge in [-0.25, -0.2) is 13.2 Å². The highest BCUT2D eigenvalue weighted by Gasteiger charge is 2.02. The molecule has 120 valence electrons. The van der Waals surface area contributed by atoms with E-state index in [4.69, 9.17) is 10.5 Å². The molecule has 0 radical (unpaired) electrons. The van der Waals surface area contributed by atoms with Gasteiger partial charge in [-0.3, -0.25) is 0 Å². The normalized spacial score (nSPS) is 11.0. The van der Waals surface area contributed by atoms with Crippen LogP contribution in [0.15, 0.2) is 18.2 Å². The molecule has 0 saturated carbocycles. The van der Waals surface area contributed by atoms with Crippen LogP contribution in [0.2, 0.25) is 0 Å². The fraction of sp³-hybridized carbons (Fsp3) is 0.625. The second-order valence-corrected chi connectivity index (χ2v) is 5.19. The lowest BCUT2D eigenvalue weighted by atomic mass is 10.1. The molecule has 2 N–H and O–H groups in total. The summed E-state index contributed by atoms with van der Waals surface area (Å²) in [5.41, 5.74) is 6.11. The summed E-state index contributed by atoms with van der Waals surface area (Å²) in [5.74, 6) is 0.0324. The lowest BCUT2D eigenvalue weighted by Crippen LogP contribution is -2.00. The summed E-state index contributed by atoms with van der Waals surface area (Å²) in [5, 5.41) is 0. The van der Waals surface area contributed by atoms with Gasteiger partial charge in [0.2, 0.25) is 6.43 Å². The molecule has 0 spiro atoms. The van der Waals surface area contributed by atoms with Crippen LogP contribution in [0, 0.1) is 5.82 Å². The van der Waals surface area contributed by atoms with Gasteiger partial charge in [-0.05, 0) is 25.0 Å². The fourth-order valence-electron chi connectivity index (χ4n) is 2.10. The SMILES string of the molecule is Nc1ccc(F)cc1OCCCCCCCCCC(F)F. The second-order valence-electron chi connectivity index (χ2n) is 5.19. The molecule has 0 aromatic heterocycles. The molecular weight excluding hydrogens is 279 g/mol. The lowest BCUT2D eigenvalue weighted by Gasteiger charge is -2.08. The molecule has 0 saturated heterocycles. The van der Waals surface area contributed by atoms with Gasteiger partial charge in [-0.15, -0.1) is 0 Å². The third-order valence-corrected chi connectivity index (χ3v) is 3.30. The van der Waals surface area contributed by atoms with Crippen molar-refractivity contribution in [2.75, 3.05) is 12.3 Å². The first kappa shape index (κ1) is 17.7. The highest BCUT2D eigenvalue weighted by Crippen LogP contribution is 2.22. The van der Waals surface area contributed by atoms with Gasteiger partial charge >= 0.3 is 0 Å². The largest absolute Gasteiger partial charge is 0.491 e. The Morgan fingerprint density at radius 2 is 1.57 bits per heavy atom. The van der Waals surface area contributed by atoms with Gasteiger partial charge < -0.3 is 10.5 Å². The zero-order valence-corrected chi connectivity index (χ0v) is 12.3. The van der Waals surface area contributed by atoms with Crippen LogP contribution in [-0.4, -0.2) is 13.0 Å². The van der Waals surface area contributed by atoms with E-state index in [1.54, 1.807) is 0 Å². The van der Waals surface area contributed by atoms with E-state index in [0.717, 1.165) is 38.5 Å². The van der Waals surface area contributed by atoms with Crippen molar-refractivity contribution in [2.45, 2.75) is 57.8 Å². The molecule has 0 heterocycles. The van der Waals surface area contributed by atoms with Crippen LogP contribution in [0.25, 0.3) is 0 Å². The Bertz CT molecular complexity index is 399. The van der Waals surface area contributed by atoms with Crippen molar-refractivity contribution in [3.8, 4) is 5.75 Å². The summed E-state index contributed by atoms with van der Waals surface area (Å²) in [4.78, 5) is 0. The predicted octanol–water partition coefficient (Wildman–Crippen LogP) is 5.17. The summed E-state index contributed by atoms with van der Waals surface area (Å²) in [6.07, 6.45) is 4.37. The predicted molar refractivity (Wildman–Crippen MR) is 79.2 cm³/mol. The van der Waals surface area contributed by atoms with Crippen molar-refractivity contribution < 1.29 is 17.9 Å². The van der Waals surface area contributed by atoms with Gasteiger partial charge in [0.15, 0.2) is 0 Å². The van der Waals surface area contributed by atoms with Gasteiger partial charge in [0.05, 0.1) is 12.3 Å². The molecule has 0 fully saturated rings. The monoisotopic (exact) mass is 303 g/mol. The van der Waals surface area contributed by atoms with E-state index in [1.165, 1.54) is 18.2 Å². The molecular formula is C16H24F3NO. The summed E-state index contributed by atoms with van der Waals surface area (Å²) >= 11 is 0. The summed E-state index contributed by atoms with van der Waals surface area (Å²) in [7, 11) is 0. The van der Waals surface area contributed by atoms with Crippen molar-refractivity contribution in [2.24, 2.45) is 0 Å². The minimum absolute atomic E-state index is 0.0168. The molecule has 0 amide bonds. The highest BCUT2D eigenvalue weighted by atomic mass is 19.3. The smallest absolute Gasteiger partial charge is 0.238 e. The Kier molecular flexibility index (Phi) is 8.71. The van der Waals surface area contributed by atoms with Crippen molar-refractivity contribution in [1.29, 1.82) is 0 Å². The molecule has 1 aromatic carbocycles. The van der Waals surface area contributed by atoms with E-state index in [1.807, 2.05) is 0 Å². The van der Waals surface area contributed by atoms with Crippen molar-refractivity contribution >= 4 is 5.69 Å². The first-order valence-electron chi connectivity index (χ1n) is 7.55. The molecule has 21 heavy (non-hydrogen) atoms. The third-order valence-electron chi connectivity index (χ3n) is 3.30. The van der Waals surface area contributed by atoms with E-state index in [2.05, 4.69) is 0 Å². The number of hydrogen-bond donors (Lipinski definition) is 1. The molecule has 1 rings (SSSR count). The van der Waals surface area contributed by atoms with E-state index in [-0.39, 0.29) is 12.2 Å². The van der Waals surface area contributed by atoms with E-state index >= 15 is 0 Å². The van der Waals surface area contributed by atoms with Crippen LogP contribution in [0.5, 0.6) is 5.75 Å². The first-order chi connectivity index (χ1) is 10.1. The molecule has 1 aromatic rings. The molecule has 0 atom stereocenters. The fourth-order valence-corrected chi connectivity index (χ4v) is 2.10. The molecule has 0 bridgehead atoms. The maximum atomic E-state index is 13.0. The average Bonchev–Trinajstić information content (AvgIpc) is 2.44. The van der Waals surface area contributed by atoms with E-state index < -0.39 is 6.43 Å². The summed E-state index contributed by atoms with van der Waals surface area (Å²) in [6, 6.07) is 4.08. The number of nitrogen functional groups attached to an aromatic ring is 1. The minimum Gasteiger partial charge on any atom is -0.491 e. The molecule has 2 nitrogen and oxygen atoms in total. The molecule has 5 heteroatoms. The molecule has 0 aliphatic rings. The summed E-state index contributed by atoms with van der Waals surface area (Å²) in [6.45, 7) is 0.513. The Labute approximate surface area is 124 Å². The van der Waals surface area contributed by atoms with Gasteiger partial charge in [0.1, 0.15) is 11.6 Å². The standard InChI is InChI=1S/C16H24F3NO/c17-13-9-10-14(20)15(12-13)21-11-7-5-3-1-2-4-6-8-16(18)19/h9-10,12,16H,1-8,11,20H2. The van der Waals surface area contributed by atoms with Crippen LogP contribution in [-0.2, 0) is 0 Å². The topological polar surface area (TPSA) is 35.2 Å². The van der Waals surface area contributed by atoms with Crippen LogP contribution < -0.4 is 10.5 Å². The average molecular weight is 303 g/mol. The van der Waals surface area contributed by atoms with Gasteiger partial charge in [0.25, 0.3) is 0 Å². The number of unbranched alkanes of at least 4 members (excludes halogenated alkanes) is 6. The number of alkyl halides is 2. The maximum absolute atomic E-state index is 13.0. The Hall–Kier alpha value is -1.39. The number of halogens is 3. The number of ether oxygens (including phenoxy) is 1. The third kappa shape index (κ3) is 8.48. The Morgan fingerprint density at radius 1 is 0.952 bits per heavy atom. The summed E-state index contributed by atoms with van der Waals surface area (Å²) < 4.78 is 42.2. The Morgan fingerprint density at radius 3 is 2.24 bits per heavy atom. The van der Waals surface area contributed by atoms with Gasteiger partial charge in [0, 0.05) is 12.5 Å². The van der Waals surface area contributed by atoms with E-state index in [0.29, 0.717) is 24.5 Å². The zero-order valence-electron chi connectivity index (χ0n) is 12.3. The van der Waals surface area contributed by atoms with Gasteiger partial charge in [-0.2, -0.15) is 0 Å². The van der Waals surface area contributed by atoms with Crippen LogP contribution in [0.4, 0.5) is 18.9 Å². The lowest BCUT2D eigenvalue weighted by molar-refractivity contribution is 0.133. The van der Waals surface area contributed by atoms with Crippen molar-refractivity contribution in [1.82, 2.24) is 0 Å². The molecule has 0 unspecified atom stereocenters. The number of benzene rings is 1. The second kappa shape index (κ2) is 10.4. The van der Waals surface area contributed by atoms with Crippen LogP contribution >= 0.6 is 0 Å². The van der Waals surface area contributed by atoms with Crippen LogP contribution in [0.1, 0.15) is 51.4 Å².